The van der Waals surface area contributed by atoms with E-state index < -0.39 is 72.3 Å². The van der Waals surface area contributed by atoms with Crippen molar-refractivity contribution < 1.29 is 44.7 Å². The number of amides is 3. The molecule has 3 amide bonds. The van der Waals surface area contributed by atoms with Crippen LogP contribution in [0.1, 0.15) is 35.8 Å². The number of aliphatic hydroxyl groups is 4. The Bertz CT molecular complexity index is 1660. The molecule has 1 aromatic carbocycles. The molecule has 19 nitrogen and oxygen atoms in total. The zero-order chi connectivity index (χ0) is 35.5. The van der Waals surface area contributed by atoms with Gasteiger partial charge in [0.25, 0.3) is 11.5 Å². The molecule has 2 heterocycles. The maximum Gasteiger partial charge on any atom is 0.327 e. The fourth-order valence-electron chi connectivity index (χ4n) is 4.25. The molecular weight excluding hydrogens is 654 g/mol. The van der Waals surface area contributed by atoms with Crippen LogP contribution in [0.4, 0.5) is 11.6 Å². The van der Waals surface area contributed by atoms with Crippen molar-refractivity contribution in [2.45, 2.75) is 62.7 Å². The average molecular weight is 692 g/mol. The highest BCUT2D eigenvalue weighted by Gasteiger charge is 2.37. The number of carbonyl (C=O) groups is 4. The van der Waals surface area contributed by atoms with Crippen LogP contribution in [0, 0.1) is 0 Å². The monoisotopic (exact) mass is 691 g/mol. The van der Waals surface area contributed by atoms with Gasteiger partial charge >= 0.3 is 5.97 Å². The normalized spacial score (nSPS) is 15.0. The Labute approximate surface area is 277 Å². The molecule has 12 N–H and O–H groups in total. The zero-order valence-corrected chi connectivity index (χ0v) is 26.4. The maximum absolute atomic E-state index is 12.8. The number of thiol groups is 1. The minimum Gasteiger partial charge on any atom is -0.480 e. The van der Waals surface area contributed by atoms with Crippen LogP contribution < -0.4 is 32.6 Å². The number of rotatable bonds is 17. The summed E-state index contributed by atoms with van der Waals surface area (Å²) >= 11 is 3.84. The van der Waals surface area contributed by atoms with E-state index in [-0.39, 0.29) is 42.3 Å². The quantitative estimate of drug-likeness (QED) is 0.0623. The first-order valence-corrected chi connectivity index (χ1v) is 15.1. The van der Waals surface area contributed by atoms with Gasteiger partial charge in [-0.1, -0.05) is 0 Å². The molecule has 0 fully saturated rings. The molecule has 0 aliphatic rings. The number of aromatic amines is 1. The van der Waals surface area contributed by atoms with E-state index in [0.29, 0.717) is 16.9 Å². The van der Waals surface area contributed by atoms with Crippen LogP contribution in [0.3, 0.4) is 0 Å². The number of nitrogen functional groups attached to an aromatic ring is 1. The SMILES string of the molecule is C[C@H](CCC(=O)N[C@H](C(=O)N[C@@H](CS)C(=O)O)[C@@H](O)[C@H](O)[C@H](O)CO)NC(=O)c1ccc(NCc2cnc3nc(N)[nH]c(=O)c3n2)cc1. The van der Waals surface area contributed by atoms with Crippen LogP contribution in [0.25, 0.3) is 11.2 Å². The van der Waals surface area contributed by atoms with Crippen molar-refractivity contribution >= 4 is 59.1 Å². The summed E-state index contributed by atoms with van der Waals surface area (Å²) in [5.41, 5.74) is 6.57. The third kappa shape index (κ3) is 10.3. The molecule has 0 saturated carbocycles. The van der Waals surface area contributed by atoms with Crippen LogP contribution in [0.15, 0.2) is 35.3 Å². The standard InChI is InChI=1S/C28H37N9O10S/c1-12(2-7-18(40)35-19(22(42)21(41)17(39)10-38)25(44)34-16(11-48)27(46)47)32-24(43)13-3-5-14(6-4-13)30-8-15-9-31-23-20(33-15)26(45)37-28(29)36-23/h3-6,9,12,16-17,19,21-22,30,38-39,41-42,48H,2,7-8,10-11H2,1H3,(H,32,43)(H,34,44)(H,35,40)(H,46,47)(H3,29,31,36,37,45)/t12-,16+,17-,19+,21-,22-/m1/s1. The van der Waals surface area contributed by atoms with E-state index in [0.717, 1.165) is 0 Å². The molecule has 0 radical (unpaired) electrons. The van der Waals surface area contributed by atoms with E-state index in [9.17, 15) is 44.4 Å². The molecule has 0 spiro atoms. The number of H-pyrrole nitrogens is 1. The Hall–Kier alpha value is -4.89. The number of aromatic nitrogens is 4. The zero-order valence-electron chi connectivity index (χ0n) is 25.5. The fraction of sp³-hybridized carbons (Fsp3) is 0.429. The molecule has 2 aromatic heterocycles. The van der Waals surface area contributed by atoms with Crippen molar-refractivity contribution in [3.05, 3.63) is 52.1 Å². The summed E-state index contributed by atoms with van der Waals surface area (Å²) in [5, 5.41) is 58.6. The number of carboxylic acid groups (broad SMARTS) is 1. The lowest BCUT2D eigenvalue weighted by Crippen LogP contribution is -2.61. The van der Waals surface area contributed by atoms with Crippen molar-refractivity contribution in [3.63, 3.8) is 0 Å². The van der Waals surface area contributed by atoms with E-state index in [4.69, 9.17) is 10.8 Å². The van der Waals surface area contributed by atoms with E-state index in [1.54, 1.807) is 31.2 Å². The van der Waals surface area contributed by atoms with Crippen LogP contribution in [0.5, 0.6) is 0 Å². The molecule has 6 atom stereocenters. The Balaban J connectivity index is 1.53. The Morgan fingerprint density at radius 1 is 1.02 bits per heavy atom. The first kappa shape index (κ1) is 37.6. The predicted molar refractivity (Wildman–Crippen MR) is 173 cm³/mol. The maximum atomic E-state index is 12.8. The third-order valence-corrected chi connectivity index (χ3v) is 7.32. The molecule has 0 aliphatic carbocycles. The molecule has 260 valence electrons. The third-order valence-electron chi connectivity index (χ3n) is 6.96. The van der Waals surface area contributed by atoms with Crippen molar-refractivity contribution in [1.29, 1.82) is 0 Å². The summed E-state index contributed by atoms with van der Waals surface area (Å²) < 4.78 is 0. The molecular formula is C28H37N9O10S. The molecule has 48 heavy (non-hydrogen) atoms. The Morgan fingerprint density at radius 3 is 2.33 bits per heavy atom. The van der Waals surface area contributed by atoms with Crippen molar-refractivity contribution in [2.75, 3.05) is 23.4 Å². The summed E-state index contributed by atoms with van der Waals surface area (Å²) in [4.78, 5) is 76.2. The lowest BCUT2D eigenvalue weighted by molar-refractivity contribution is -0.144. The minimum atomic E-state index is -2.12. The van der Waals surface area contributed by atoms with Gasteiger partial charge in [-0.25, -0.2) is 14.8 Å². The topological polar surface area (TPSA) is 315 Å². The van der Waals surface area contributed by atoms with E-state index in [1.165, 1.54) is 6.20 Å². The van der Waals surface area contributed by atoms with Crippen molar-refractivity contribution in [3.8, 4) is 0 Å². The van der Waals surface area contributed by atoms with Gasteiger partial charge < -0.3 is 52.5 Å². The van der Waals surface area contributed by atoms with Crippen LogP contribution in [-0.2, 0) is 20.9 Å². The summed E-state index contributed by atoms with van der Waals surface area (Å²) in [5.74, 6) is -4.25. The molecule has 0 bridgehead atoms. The van der Waals surface area contributed by atoms with Gasteiger partial charge in [-0.05, 0) is 37.6 Å². The minimum absolute atomic E-state index is 0.0415. The number of anilines is 2. The molecule has 0 unspecified atom stereocenters. The lowest BCUT2D eigenvalue weighted by Gasteiger charge is -2.29. The van der Waals surface area contributed by atoms with Gasteiger partial charge in [0, 0.05) is 29.5 Å². The number of carboxylic acids is 1. The number of aliphatic hydroxyl groups excluding tert-OH is 4. The predicted octanol–water partition coefficient (Wildman–Crippen LogP) is -3.14. The highest BCUT2D eigenvalue weighted by molar-refractivity contribution is 7.80. The fourth-order valence-corrected chi connectivity index (χ4v) is 4.49. The number of nitrogens with zero attached hydrogens (tertiary/aromatic N) is 3. The average Bonchev–Trinajstić information content (AvgIpc) is 3.06. The number of carbonyl (C=O) groups excluding carboxylic acids is 3. The largest absolute Gasteiger partial charge is 0.480 e. The Kier molecular flexibility index (Phi) is 13.6. The second kappa shape index (κ2) is 17.3. The smallest absolute Gasteiger partial charge is 0.327 e. The van der Waals surface area contributed by atoms with Crippen LogP contribution >= 0.6 is 12.6 Å². The molecule has 3 rings (SSSR count). The van der Waals surface area contributed by atoms with Gasteiger partial charge in [-0.2, -0.15) is 17.6 Å². The number of nitrogens with two attached hydrogens (primary N) is 1. The lowest BCUT2D eigenvalue weighted by atomic mass is 9.99. The molecule has 20 heteroatoms. The second-order valence-corrected chi connectivity index (χ2v) is 11.1. The van der Waals surface area contributed by atoms with Crippen LogP contribution in [-0.4, -0.2) is 118 Å². The number of benzene rings is 1. The molecule has 0 aliphatic heterocycles. The number of aliphatic carboxylic acids is 1. The van der Waals surface area contributed by atoms with Crippen molar-refractivity contribution in [1.82, 2.24) is 35.9 Å². The van der Waals surface area contributed by atoms with Gasteiger partial charge in [-0.15, -0.1) is 0 Å². The van der Waals surface area contributed by atoms with E-state index >= 15 is 0 Å². The van der Waals surface area contributed by atoms with Gasteiger partial charge in [0.15, 0.2) is 11.2 Å². The van der Waals surface area contributed by atoms with Gasteiger partial charge in [0.05, 0.1) is 25.0 Å². The number of fused-ring (bicyclic) bond motifs is 1. The van der Waals surface area contributed by atoms with Gasteiger partial charge in [0.2, 0.25) is 17.8 Å². The summed E-state index contributed by atoms with van der Waals surface area (Å²) in [6, 6.07) is 2.49. The number of hydrogen-bond acceptors (Lipinski definition) is 15. The van der Waals surface area contributed by atoms with Crippen LogP contribution in [0.2, 0.25) is 0 Å². The van der Waals surface area contributed by atoms with E-state index in [1.807, 2.05) is 0 Å². The highest BCUT2D eigenvalue weighted by atomic mass is 32.1. The first-order chi connectivity index (χ1) is 22.7. The number of nitrogens with one attached hydrogen (secondary N) is 5. The molecule has 0 saturated heterocycles. The first-order valence-electron chi connectivity index (χ1n) is 14.5. The summed E-state index contributed by atoms with van der Waals surface area (Å²) in [6.45, 7) is 0.877. The van der Waals surface area contributed by atoms with Gasteiger partial charge in [0.1, 0.15) is 30.4 Å². The number of hydrogen-bond donors (Lipinski definition) is 12. The molecule has 3 aromatic rings. The summed E-state index contributed by atoms with van der Waals surface area (Å²) in [7, 11) is 0. The highest BCUT2D eigenvalue weighted by Crippen LogP contribution is 2.13. The summed E-state index contributed by atoms with van der Waals surface area (Å²) in [6.07, 6.45) is -4.79. The second-order valence-electron chi connectivity index (χ2n) is 10.7. The van der Waals surface area contributed by atoms with Gasteiger partial charge in [-0.3, -0.25) is 24.2 Å². The van der Waals surface area contributed by atoms with Crippen molar-refractivity contribution in [2.24, 2.45) is 0 Å². The van der Waals surface area contributed by atoms with E-state index in [2.05, 4.69) is 53.8 Å². The Morgan fingerprint density at radius 2 is 1.71 bits per heavy atom.